The molecule has 3 N–H and O–H groups in total. The molecule has 0 unspecified atom stereocenters. The van der Waals surface area contributed by atoms with Gasteiger partial charge < -0.3 is 20.6 Å². The van der Waals surface area contributed by atoms with Gasteiger partial charge >= 0.3 is 0 Å². The third-order valence-corrected chi connectivity index (χ3v) is 10.1. The second-order valence-corrected chi connectivity index (χ2v) is 12.8. The second kappa shape index (κ2) is 14.3. The third-order valence-electron chi connectivity index (χ3n) is 9.85. The molecule has 2 aromatic rings. The summed E-state index contributed by atoms with van der Waals surface area (Å²) in [7, 11) is 0. The maximum Gasteiger partial charge on any atom is 0.240 e. The lowest BCUT2D eigenvalue weighted by molar-refractivity contribution is -0.137. The number of aliphatic hydroxyl groups excluding tert-OH is 1. The fourth-order valence-corrected chi connectivity index (χ4v) is 7.66. The van der Waals surface area contributed by atoms with Gasteiger partial charge in [-0.3, -0.25) is 9.48 Å². The fourth-order valence-electron chi connectivity index (χ4n) is 7.53. The van der Waals surface area contributed by atoms with Crippen molar-refractivity contribution in [2.24, 2.45) is 11.3 Å². The van der Waals surface area contributed by atoms with Crippen LogP contribution in [0, 0.1) is 11.3 Å². The van der Waals surface area contributed by atoms with Crippen LogP contribution in [-0.2, 0) is 17.8 Å². The van der Waals surface area contributed by atoms with E-state index in [-0.39, 0.29) is 24.0 Å². The molecule has 1 aromatic carbocycles. The van der Waals surface area contributed by atoms with Crippen molar-refractivity contribution in [1.29, 1.82) is 0 Å². The molecule has 5 rings (SSSR count). The highest BCUT2D eigenvalue weighted by molar-refractivity contribution is 6.30. The molecule has 2 aliphatic carbocycles. The minimum atomic E-state index is -0.245. The van der Waals surface area contributed by atoms with E-state index >= 15 is 0 Å². The first-order valence-electron chi connectivity index (χ1n) is 15.5. The van der Waals surface area contributed by atoms with E-state index in [1.807, 2.05) is 35.3 Å². The van der Waals surface area contributed by atoms with Gasteiger partial charge in [-0.1, -0.05) is 43.0 Å². The lowest BCUT2D eigenvalue weighted by Gasteiger charge is -2.48. The smallest absolute Gasteiger partial charge is 0.240 e. The number of nitrogens with one attached hydrogen (secondary N) is 2. The van der Waals surface area contributed by atoms with Crippen LogP contribution >= 0.6 is 11.6 Å². The Labute approximate surface area is 244 Å². The van der Waals surface area contributed by atoms with Gasteiger partial charge in [0.05, 0.1) is 12.6 Å². The number of nitrogens with zero attached hydrogens (tertiary/aromatic N) is 4. The van der Waals surface area contributed by atoms with Gasteiger partial charge in [0.1, 0.15) is 12.7 Å². The molecule has 2 heterocycles. The number of aliphatic hydroxyl groups is 1. The normalized spacial score (nSPS) is 24.6. The Morgan fingerprint density at radius 3 is 2.38 bits per heavy atom. The van der Waals surface area contributed by atoms with Crippen LogP contribution in [0.2, 0.25) is 5.02 Å². The molecule has 3 fully saturated rings. The third kappa shape index (κ3) is 7.64. The first kappa shape index (κ1) is 29.5. The molecule has 0 radical (unpaired) electrons. The molecule has 2 saturated carbocycles. The molecule has 1 saturated heterocycles. The van der Waals surface area contributed by atoms with Crippen LogP contribution in [0.3, 0.4) is 0 Å². The number of amides is 1. The minimum Gasteiger partial charge on any atom is -0.395 e. The molecule has 1 amide bonds. The average molecular weight is 571 g/mol. The summed E-state index contributed by atoms with van der Waals surface area (Å²) in [5.41, 5.74) is 1.32. The van der Waals surface area contributed by atoms with Gasteiger partial charge in [0, 0.05) is 43.3 Å². The molecule has 220 valence electrons. The van der Waals surface area contributed by atoms with E-state index in [4.69, 9.17) is 16.7 Å². The number of hydrogen-bond donors (Lipinski definition) is 3. The Bertz CT molecular complexity index is 1030. The topological polar surface area (TPSA) is 95.3 Å². The molecule has 1 aromatic heterocycles. The fraction of sp³-hybridized carbons (Fsp3) is 0.710. The molecule has 0 bridgehead atoms. The van der Waals surface area contributed by atoms with Crippen LogP contribution in [0.25, 0.3) is 0 Å². The average Bonchev–Trinajstić information content (AvgIpc) is 3.51. The van der Waals surface area contributed by atoms with Crippen LogP contribution in [-0.4, -0.2) is 75.0 Å². The summed E-state index contributed by atoms with van der Waals surface area (Å²) in [4.78, 5) is 20.5. The number of carbonyl (C=O) groups is 1. The van der Waals surface area contributed by atoms with Crippen molar-refractivity contribution in [3.63, 3.8) is 0 Å². The number of rotatable bonds is 11. The zero-order valence-electron chi connectivity index (χ0n) is 23.8. The van der Waals surface area contributed by atoms with Crippen LogP contribution in [0.4, 0.5) is 0 Å². The van der Waals surface area contributed by atoms with Crippen LogP contribution in [0.1, 0.15) is 76.2 Å². The molecule has 8 nitrogen and oxygen atoms in total. The molecule has 1 atom stereocenters. The van der Waals surface area contributed by atoms with Gasteiger partial charge in [-0.15, -0.1) is 0 Å². The Kier molecular flexibility index (Phi) is 10.5. The Hall–Kier alpha value is -2.00. The minimum absolute atomic E-state index is 0.173. The van der Waals surface area contributed by atoms with Crippen LogP contribution < -0.4 is 10.6 Å². The lowest BCUT2D eigenvalue weighted by atomic mass is 9.63. The highest BCUT2D eigenvalue weighted by Gasteiger charge is 2.44. The van der Waals surface area contributed by atoms with Crippen molar-refractivity contribution < 1.29 is 9.90 Å². The molecule has 0 spiro atoms. The van der Waals surface area contributed by atoms with E-state index in [2.05, 4.69) is 25.6 Å². The van der Waals surface area contributed by atoms with Crippen molar-refractivity contribution in [2.75, 3.05) is 26.2 Å². The zero-order valence-corrected chi connectivity index (χ0v) is 24.6. The quantitative estimate of drug-likeness (QED) is 0.374. The van der Waals surface area contributed by atoms with Crippen molar-refractivity contribution in [3.05, 3.63) is 47.5 Å². The maximum atomic E-state index is 14.1. The van der Waals surface area contributed by atoms with E-state index in [1.165, 1.54) is 32.1 Å². The summed E-state index contributed by atoms with van der Waals surface area (Å²) < 4.78 is 2.02. The van der Waals surface area contributed by atoms with Gasteiger partial charge in [-0.05, 0) is 86.8 Å². The SMILES string of the molecule is O=C([C@@H](Cc1ccc(Cl)cc1)NC1CCC(NCCO)CC1)N1CCC(Cn2cncn2)(C2CCCCC2)CC1. The van der Waals surface area contributed by atoms with E-state index in [0.717, 1.165) is 68.7 Å². The summed E-state index contributed by atoms with van der Waals surface area (Å²) in [6, 6.07) is 8.46. The Morgan fingerprint density at radius 1 is 1.02 bits per heavy atom. The van der Waals surface area contributed by atoms with Crippen molar-refractivity contribution in [3.8, 4) is 0 Å². The molecule has 1 aliphatic heterocycles. The number of benzene rings is 1. The summed E-state index contributed by atoms with van der Waals surface area (Å²) in [6.45, 7) is 3.34. The number of hydrogen-bond acceptors (Lipinski definition) is 6. The van der Waals surface area contributed by atoms with Gasteiger partial charge in [0.2, 0.25) is 5.91 Å². The maximum absolute atomic E-state index is 14.1. The number of likely N-dealkylation sites (tertiary alicyclic amines) is 1. The van der Waals surface area contributed by atoms with Gasteiger partial charge in [-0.2, -0.15) is 5.10 Å². The molecular weight excluding hydrogens is 524 g/mol. The first-order chi connectivity index (χ1) is 19.5. The number of carbonyl (C=O) groups excluding carboxylic acids is 1. The number of aromatic nitrogens is 3. The monoisotopic (exact) mass is 570 g/mol. The van der Waals surface area contributed by atoms with Gasteiger partial charge in [0.15, 0.2) is 0 Å². The summed E-state index contributed by atoms with van der Waals surface area (Å²) in [5.74, 6) is 0.925. The van der Waals surface area contributed by atoms with Crippen molar-refractivity contribution in [2.45, 2.75) is 102 Å². The molecular formula is C31H47ClN6O2. The molecule has 9 heteroatoms. The predicted molar refractivity (Wildman–Crippen MR) is 158 cm³/mol. The van der Waals surface area contributed by atoms with E-state index in [1.54, 1.807) is 6.33 Å². The van der Waals surface area contributed by atoms with E-state index in [0.29, 0.717) is 31.0 Å². The molecule has 3 aliphatic rings. The summed E-state index contributed by atoms with van der Waals surface area (Å²) in [6.07, 6.45) is 17.0. The van der Waals surface area contributed by atoms with Crippen LogP contribution in [0.5, 0.6) is 0 Å². The highest BCUT2D eigenvalue weighted by atomic mass is 35.5. The summed E-state index contributed by atoms with van der Waals surface area (Å²) in [5, 5.41) is 21.6. The number of halogens is 1. The predicted octanol–water partition coefficient (Wildman–Crippen LogP) is 4.21. The van der Waals surface area contributed by atoms with Gasteiger partial charge in [-0.25, -0.2) is 4.98 Å². The highest BCUT2D eigenvalue weighted by Crippen LogP contribution is 2.47. The van der Waals surface area contributed by atoms with Gasteiger partial charge in [0.25, 0.3) is 0 Å². The zero-order chi connectivity index (χ0) is 27.8. The second-order valence-electron chi connectivity index (χ2n) is 12.4. The number of piperidine rings is 1. The first-order valence-corrected chi connectivity index (χ1v) is 15.9. The van der Waals surface area contributed by atoms with Crippen molar-refractivity contribution in [1.82, 2.24) is 30.3 Å². The largest absolute Gasteiger partial charge is 0.395 e. The Balaban J connectivity index is 1.25. The standard InChI is InChI=1S/C31H47ClN6O2/c32-26-8-6-24(7-9-26)20-29(36-28-12-10-27(11-13-28)34-16-19-39)30(40)37-17-14-31(15-18-37,21-38-23-33-22-35-38)25-4-2-1-3-5-25/h6-9,22-23,25,27-29,34,36,39H,1-5,10-21H2/t27?,28?,29-/m1/s1. The molecule has 40 heavy (non-hydrogen) atoms. The van der Waals surface area contributed by atoms with E-state index in [9.17, 15) is 4.79 Å². The Morgan fingerprint density at radius 2 is 1.73 bits per heavy atom. The van der Waals surface area contributed by atoms with E-state index < -0.39 is 0 Å². The lowest BCUT2D eigenvalue weighted by Crippen LogP contribution is -2.56. The van der Waals surface area contributed by atoms with Crippen LogP contribution in [0.15, 0.2) is 36.9 Å². The van der Waals surface area contributed by atoms with Crippen molar-refractivity contribution >= 4 is 17.5 Å². The summed E-state index contributed by atoms with van der Waals surface area (Å²) >= 11 is 6.16.